The molecule has 2 amide bonds. The Hall–Kier alpha value is -3.04. The van der Waals surface area contributed by atoms with Crippen molar-refractivity contribution in [3.05, 3.63) is 41.7 Å². The zero-order valence-corrected chi connectivity index (χ0v) is 18.7. The Kier molecular flexibility index (Phi) is 6.66. The van der Waals surface area contributed by atoms with E-state index < -0.39 is 5.91 Å². The number of rotatable bonds is 6. The lowest BCUT2D eigenvalue weighted by Crippen LogP contribution is -2.44. The molecule has 0 radical (unpaired) electrons. The Morgan fingerprint density at radius 3 is 2.72 bits per heavy atom. The predicted octanol–water partition coefficient (Wildman–Crippen LogP) is 0.957. The van der Waals surface area contributed by atoms with Crippen molar-refractivity contribution >= 4 is 17.8 Å². The fourth-order valence-electron chi connectivity index (χ4n) is 4.23. The number of morpholine rings is 1. The number of ether oxygens (including phenoxy) is 1. The van der Waals surface area contributed by atoms with Gasteiger partial charge in [0.2, 0.25) is 17.8 Å². The van der Waals surface area contributed by atoms with Gasteiger partial charge >= 0.3 is 0 Å². The minimum absolute atomic E-state index is 0.0950. The molecule has 2 fully saturated rings. The van der Waals surface area contributed by atoms with Crippen LogP contribution in [0.5, 0.6) is 0 Å². The van der Waals surface area contributed by atoms with E-state index in [1.807, 2.05) is 36.0 Å². The highest BCUT2D eigenvalue weighted by atomic mass is 16.5. The molecule has 0 saturated carbocycles. The molecule has 2 saturated heterocycles. The van der Waals surface area contributed by atoms with Gasteiger partial charge in [-0.05, 0) is 24.1 Å². The molecule has 1 unspecified atom stereocenters. The van der Waals surface area contributed by atoms with Crippen LogP contribution >= 0.6 is 0 Å². The topological polar surface area (TPSA) is 105 Å². The van der Waals surface area contributed by atoms with Gasteiger partial charge in [-0.2, -0.15) is 0 Å². The number of benzene rings is 1. The number of primary amides is 1. The monoisotopic (exact) mass is 438 g/mol. The lowest BCUT2D eigenvalue weighted by molar-refractivity contribution is -0.132. The van der Waals surface area contributed by atoms with Gasteiger partial charge in [0, 0.05) is 63.5 Å². The summed E-state index contributed by atoms with van der Waals surface area (Å²) in [6.07, 6.45) is 2.64. The van der Waals surface area contributed by atoms with Crippen LogP contribution in [-0.4, -0.2) is 91.6 Å². The van der Waals surface area contributed by atoms with E-state index in [4.69, 9.17) is 15.5 Å². The van der Waals surface area contributed by atoms with Gasteiger partial charge in [0.25, 0.3) is 0 Å². The van der Waals surface area contributed by atoms with Gasteiger partial charge < -0.3 is 20.3 Å². The summed E-state index contributed by atoms with van der Waals surface area (Å²) in [7, 11) is 3.80. The Labute approximate surface area is 188 Å². The van der Waals surface area contributed by atoms with Crippen LogP contribution in [0.2, 0.25) is 0 Å². The average molecular weight is 439 g/mol. The van der Waals surface area contributed by atoms with Gasteiger partial charge in [0.1, 0.15) is 0 Å². The second kappa shape index (κ2) is 9.62. The number of hydrogen-bond acceptors (Lipinski definition) is 7. The van der Waals surface area contributed by atoms with Gasteiger partial charge in [-0.3, -0.25) is 14.5 Å². The van der Waals surface area contributed by atoms with Crippen molar-refractivity contribution in [1.82, 2.24) is 19.8 Å². The van der Waals surface area contributed by atoms with Crippen molar-refractivity contribution < 1.29 is 14.3 Å². The number of nitrogens with two attached hydrogens (primary N) is 1. The maximum absolute atomic E-state index is 12.9. The van der Waals surface area contributed by atoms with Gasteiger partial charge in [-0.15, -0.1) is 0 Å². The minimum atomic E-state index is -0.472. The molecule has 0 spiro atoms. The number of carbonyl (C=O) groups is 2. The van der Waals surface area contributed by atoms with Crippen LogP contribution in [0.4, 0.5) is 5.95 Å². The van der Waals surface area contributed by atoms with Crippen molar-refractivity contribution in [1.29, 1.82) is 0 Å². The van der Waals surface area contributed by atoms with E-state index in [9.17, 15) is 9.59 Å². The fourth-order valence-corrected chi connectivity index (χ4v) is 4.23. The molecule has 32 heavy (non-hydrogen) atoms. The number of amides is 2. The van der Waals surface area contributed by atoms with Gasteiger partial charge in [-0.25, -0.2) is 9.97 Å². The van der Waals surface area contributed by atoms with E-state index in [1.54, 1.807) is 18.3 Å². The van der Waals surface area contributed by atoms with Crippen molar-refractivity contribution in [3.63, 3.8) is 0 Å². The third kappa shape index (κ3) is 4.89. The van der Waals surface area contributed by atoms with E-state index in [0.717, 1.165) is 36.3 Å². The molecule has 9 nitrogen and oxygen atoms in total. The van der Waals surface area contributed by atoms with E-state index in [0.29, 0.717) is 44.4 Å². The largest absolute Gasteiger partial charge is 0.379 e. The van der Waals surface area contributed by atoms with Crippen LogP contribution < -0.4 is 10.6 Å². The molecule has 3 heterocycles. The summed E-state index contributed by atoms with van der Waals surface area (Å²) in [6, 6.07) is 7.21. The first kappa shape index (κ1) is 22.2. The summed E-state index contributed by atoms with van der Waals surface area (Å²) in [6.45, 7) is 4.69. The zero-order chi connectivity index (χ0) is 22.7. The highest BCUT2D eigenvalue weighted by Gasteiger charge is 2.31. The predicted molar refractivity (Wildman–Crippen MR) is 122 cm³/mol. The summed E-state index contributed by atoms with van der Waals surface area (Å²) >= 11 is 0. The third-order valence-corrected chi connectivity index (χ3v) is 6.05. The third-order valence-electron chi connectivity index (χ3n) is 6.05. The highest BCUT2D eigenvalue weighted by Crippen LogP contribution is 2.34. The molecule has 0 aliphatic carbocycles. The van der Waals surface area contributed by atoms with E-state index >= 15 is 0 Å². The molecule has 4 rings (SSSR count). The summed E-state index contributed by atoms with van der Waals surface area (Å²) in [5, 5.41) is 0. The summed E-state index contributed by atoms with van der Waals surface area (Å²) in [5.41, 5.74) is 8.53. The number of aromatic nitrogens is 2. The second-order valence-corrected chi connectivity index (χ2v) is 8.52. The zero-order valence-electron chi connectivity index (χ0n) is 18.7. The first-order chi connectivity index (χ1) is 15.4. The van der Waals surface area contributed by atoms with E-state index in [1.165, 1.54) is 0 Å². The molecule has 2 aliphatic heterocycles. The molecule has 0 bridgehead atoms. The Morgan fingerprint density at radius 2 is 2.00 bits per heavy atom. The molecule has 1 aromatic heterocycles. The Morgan fingerprint density at radius 1 is 1.22 bits per heavy atom. The SMILES string of the molecule is CN(C)c1ncc(-c2cccc(C(N)=O)c2)c(C2CCN(C(=O)CN3CCOCC3)C2)n1. The standard InChI is InChI=1S/C23H30N6O3/c1-27(2)23-25-13-19(16-4-3-5-17(12-16)22(24)31)21(26-23)18-6-7-29(14-18)20(30)15-28-8-10-32-11-9-28/h3-5,12-13,18H,6-11,14-15H2,1-2H3,(H2,24,31). The van der Waals surface area contributed by atoms with Crippen molar-refractivity contribution in [2.45, 2.75) is 12.3 Å². The van der Waals surface area contributed by atoms with Crippen LogP contribution in [-0.2, 0) is 9.53 Å². The Bertz CT molecular complexity index is 989. The van der Waals surface area contributed by atoms with Crippen LogP contribution in [0.25, 0.3) is 11.1 Å². The number of anilines is 1. The first-order valence-corrected chi connectivity index (χ1v) is 10.9. The van der Waals surface area contributed by atoms with Crippen LogP contribution in [0.3, 0.4) is 0 Å². The molecule has 9 heteroatoms. The average Bonchev–Trinajstić information content (AvgIpc) is 3.30. The fraction of sp³-hybridized carbons (Fsp3) is 0.478. The molecule has 1 atom stereocenters. The summed E-state index contributed by atoms with van der Waals surface area (Å²) < 4.78 is 5.38. The van der Waals surface area contributed by atoms with Crippen molar-refractivity contribution in [2.24, 2.45) is 5.73 Å². The summed E-state index contributed by atoms with van der Waals surface area (Å²) in [5.74, 6) is 0.388. The highest BCUT2D eigenvalue weighted by molar-refractivity contribution is 5.94. The smallest absolute Gasteiger partial charge is 0.248 e. The van der Waals surface area contributed by atoms with Crippen LogP contribution in [0.1, 0.15) is 28.4 Å². The number of nitrogens with zero attached hydrogens (tertiary/aromatic N) is 5. The normalized spacial score (nSPS) is 19.2. The van der Waals surface area contributed by atoms with Crippen molar-refractivity contribution in [2.75, 3.05) is 64.9 Å². The van der Waals surface area contributed by atoms with Crippen molar-refractivity contribution in [3.8, 4) is 11.1 Å². The maximum atomic E-state index is 12.9. The summed E-state index contributed by atoms with van der Waals surface area (Å²) in [4.78, 5) is 39.9. The molecule has 2 aromatic rings. The van der Waals surface area contributed by atoms with Crippen LogP contribution in [0, 0.1) is 0 Å². The lowest BCUT2D eigenvalue weighted by Gasteiger charge is -2.28. The second-order valence-electron chi connectivity index (χ2n) is 8.52. The van der Waals surface area contributed by atoms with Gasteiger partial charge in [0.15, 0.2) is 0 Å². The molecule has 170 valence electrons. The van der Waals surface area contributed by atoms with E-state index in [2.05, 4.69) is 9.88 Å². The first-order valence-electron chi connectivity index (χ1n) is 10.9. The molecular weight excluding hydrogens is 408 g/mol. The van der Waals surface area contributed by atoms with Gasteiger partial charge in [0.05, 0.1) is 25.5 Å². The molecule has 2 N–H and O–H groups in total. The molecular formula is C23H30N6O3. The van der Waals surface area contributed by atoms with E-state index in [-0.39, 0.29) is 11.8 Å². The lowest BCUT2D eigenvalue weighted by atomic mass is 9.95. The molecule has 2 aliphatic rings. The van der Waals surface area contributed by atoms with Gasteiger partial charge in [-0.1, -0.05) is 12.1 Å². The number of hydrogen-bond donors (Lipinski definition) is 1. The number of carbonyl (C=O) groups excluding carboxylic acids is 2. The number of likely N-dealkylation sites (tertiary alicyclic amines) is 1. The molecule has 1 aromatic carbocycles. The minimum Gasteiger partial charge on any atom is -0.379 e. The maximum Gasteiger partial charge on any atom is 0.248 e. The quantitative estimate of drug-likeness (QED) is 0.716. The van der Waals surface area contributed by atoms with Crippen LogP contribution in [0.15, 0.2) is 30.5 Å². The Balaban J connectivity index is 1.58.